The van der Waals surface area contributed by atoms with Crippen molar-refractivity contribution >= 4 is 22.0 Å². The number of halogens is 3. The van der Waals surface area contributed by atoms with E-state index in [2.05, 4.69) is 0 Å². The van der Waals surface area contributed by atoms with Crippen molar-refractivity contribution in [3.63, 3.8) is 0 Å². The molecule has 0 N–H and O–H groups in total. The van der Waals surface area contributed by atoms with Gasteiger partial charge in [-0.1, -0.05) is 15.5 Å². The van der Waals surface area contributed by atoms with E-state index in [1.54, 1.807) is 0 Å². The third-order valence-corrected chi connectivity index (χ3v) is 3.78. The van der Waals surface area contributed by atoms with Gasteiger partial charge in [0.15, 0.2) is 0 Å². The van der Waals surface area contributed by atoms with Crippen molar-refractivity contribution in [1.82, 2.24) is 4.31 Å². The lowest BCUT2D eigenvalue weighted by Crippen LogP contribution is -2.33. The number of hydrogen-bond donors (Lipinski definition) is 0. The first-order valence-electron chi connectivity index (χ1n) is 4.54. The third-order valence-electron chi connectivity index (χ3n) is 2.52. The number of fused-ring (bicyclic) bond motifs is 1. The lowest BCUT2D eigenvalue weighted by molar-refractivity contribution is 0.365. The molecule has 0 amide bonds. The van der Waals surface area contributed by atoms with E-state index < -0.39 is 16.2 Å². The van der Waals surface area contributed by atoms with Crippen molar-refractivity contribution in [3.8, 4) is 0 Å². The minimum atomic E-state index is -4.73. The van der Waals surface area contributed by atoms with Gasteiger partial charge in [-0.25, -0.2) is 4.39 Å². The molecule has 3 nitrogen and oxygen atoms in total. The largest absolute Gasteiger partial charge is 0.375 e. The topological polar surface area (TPSA) is 37.4 Å². The summed E-state index contributed by atoms with van der Waals surface area (Å²) in [5.74, 6) is -0.554. The summed E-state index contributed by atoms with van der Waals surface area (Å²) in [5.41, 5.74) is 1.10. The van der Waals surface area contributed by atoms with E-state index in [1.165, 1.54) is 12.1 Å². The van der Waals surface area contributed by atoms with Crippen molar-refractivity contribution in [2.24, 2.45) is 0 Å². The Morgan fingerprint density at radius 2 is 2.06 bits per heavy atom. The van der Waals surface area contributed by atoms with Gasteiger partial charge in [-0.05, 0) is 29.7 Å². The molecule has 0 spiro atoms. The predicted octanol–water partition coefficient (Wildman–Crippen LogP) is 2.05. The van der Waals surface area contributed by atoms with Crippen LogP contribution in [0.25, 0.3) is 0 Å². The van der Waals surface area contributed by atoms with Crippen LogP contribution in [-0.4, -0.2) is 19.3 Å². The van der Waals surface area contributed by atoms with Crippen molar-refractivity contribution in [2.45, 2.75) is 13.0 Å². The van der Waals surface area contributed by atoms with Gasteiger partial charge in [-0.3, -0.25) is 0 Å². The average molecular weight is 268 g/mol. The summed E-state index contributed by atoms with van der Waals surface area (Å²) in [4.78, 5) is 0. The molecule has 0 saturated carbocycles. The molecule has 0 atom stereocenters. The summed E-state index contributed by atoms with van der Waals surface area (Å²) >= 11 is 5.81. The van der Waals surface area contributed by atoms with Gasteiger partial charge in [0.05, 0.1) is 0 Å². The third kappa shape index (κ3) is 2.18. The predicted molar refractivity (Wildman–Crippen MR) is 55.6 cm³/mol. The summed E-state index contributed by atoms with van der Waals surface area (Å²) in [6.45, 7) is -0.150. The van der Waals surface area contributed by atoms with Crippen LogP contribution in [0.3, 0.4) is 0 Å². The van der Waals surface area contributed by atoms with E-state index in [4.69, 9.17) is 11.6 Å². The second kappa shape index (κ2) is 3.94. The smallest absolute Gasteiger partial charge is 0.207 e. The van der Waals surface area contributed by atoms with Gasteiger partial charge in [0.2, 0.25) is 0 Å². The standard InChI is InChI=1S/C9H8ClF2NO2S/c10-9-4-7(11)3-6-5-13(16(12,14)15)2-1-8(6)9/h3-4H,1-2,5H2. The highest BCUT2D eigenvalue weighted by molar-refractivity contribution is 7.83. The van der Waals surface area contributed by atoms with Gasteiger partial charge >= 0.3 is 10.4 Å². The van der Waals surface area contributed by atoms with Gasteiger partial charge in [-0.15, -0.1) is 0 Å². The Bertz CT molecular complexity index is 533. The highest BCUT2D eigenvalue weighted by Gasteiger charge is 2.27. The van der Waals surface area contributed by atoms with E-state index in [-0.39, 0.29) is 24.5 Å². The molecule has 88 valence electrons. The molecule has 7 heteroatoms. The summed E-state index contributed by atoms with van der Waals surface area (Å²) in [5, 5.41) is 0.255. The Labute approximate surface area is 97.0 Å². The first-order valence-corrected chi connectivity index (χ1v) is 6.26. The normalized spacial score (nSPS) is 17.2. The molecule has 2 rings (SSSR count). The molecule has 0 unspecified atom stereocenters. The summed E-state index contributed by atoms with van der Waals surface area (Å²) < 4.78 is 47.8. The monoisotopic (exact) mass is 267 g/mol. The van der Waals surface area contributed by atoms with E-state index in [9.17, 15) is 16.7 Å². The van der Waals surface area contributed by atoms with Crippen LogP contribution in [0.15, 0.2) is 12.1 Å². The molecule has 0 bridgehead atoms. The lowest BCUT2D eigenvalue weighted by Gasteiger charge is -2.25. The molecule has 1 aliphatic rings. The van der Waals surface area contributed by atoms with Crippen LogP contribution in [0, 0.1) is 5.82 Å². The Hall–Kier alpha value is -0.720. The maximum Gasteiger partial charge on any atom is 0.375 e. The van der Waals surface area contributed by atoms with Gasteiger partial charge in [0.1, 0.15) is 5.82 Å². The molecular formula is C9H8ClF2NO2S. The van der Waals surface area contributed by atoms with Gasteiger partial charge in [0, 0.05) is 18.1 Å². The number of nitrogens with zero attached hydrogens (tertiary/aromatic N) is 1. The van der Waals surface area contributed by atoms with Crippen molar-refractivity contribution < 1.29 is 16.7 Å². The summed E-state index contributed by atoms with van der Waals surface area (Å²) in [6.07, 6.45) is 0.289. The second-order valence-electron chi connectivity index (χ2n) is 3.55. The highest BCUT2D eigenvalue weighted by atomic mass is 35.5. The number of rotatable bonds is 1. The highest BCUT2D eigenvalue weighted by Crippen LogP contribution is 2.28. The molecule has 0 aromatic heterocycles. The molecule has 0 radical (unpaired) electrons. The summed E-state index contributed by atoms with van der Waals surface area (Å²) in [6, 6.07) is 2.35. The maximum absolute atomic E-state index is 13.0. The molecule has 1 heterocycles. The Morgan fingerprint density at radius 1 is 1.38 bits per heavy atom. The van der Waals surface area contributed by atoms with Crippen LogP contribution in [0.5, 0.6) is 0 Å². The Morgan fingerprint density at radius 3 is 2.69 bits per heavy atom. The van der Waals surface area contributed by atoms with Crippen LogP contribution >= 0.6 is 11.6 Å². The van der Waals surface area contributed by atoms with Crippen molar-refractivity contribution in [2.75, 3.05) is 6.54 Å². The zero-order valence-corrected chi connectivity index (χ0v) is 9.65. The number of hydrogen-bond acceptors (Lipinski definition) is 2. The van der Waals surface area contributed by atoms with Crippen molar-refractivity contribution in [3.05, 3.63) is 34.1 Å². The van der Waals surface area contributed by atoms with Crippen LogP contribution < -0.4 is 0 Å². The minimum absolute atomic E-state index is 0.0250. The average Bonchev–Trinajstić information content (AvgIpc) is 2.15. The van der Waals surface area contributed by atoms with E-state index >= 15 is 0 Å². The SMILES string of the molecule is O=S(=O)(F)N1CCc2c(Cl)cc(F)cc2C1. The fraction of sp³-hybridized carbons (Fsp3) is 0.333. The van der Waals surface area contributed by atoms with Crippen LogP contribution in [0.1, 0.15) is 11.1 Å². The fourth-order valence-electron chi connectivity index (χ4n) is 1.77. The van der Waals surface area contributed by atoms with Crippen LogP contribution in [0.2, 0.25) is 5.02 Å². The molecule has 1 aromatic carbocycles. The molecule has 0 saturated heterocycles. The first-order chi connectivity index (χ1) is 7.38. The second-order valence-corrected chi connectivity index (χ2v) is 5.30. The van der Waals surface area contributed by atoms with Gasteiger partial charge in [-0.2, -0.15) is 12.7 Å². The van der Waals surface area contributed by atoms with Gasteiger partial charge in [0.25, 0.3) is 0 Å². The molecule has 16 heavy (non-hydrogen) atoms. The fourth-order valence-corrected chi connectivity index (χ4v) is 2.69. The molecule has 1 aliphatic heterocycles. The zero-order valence-electron chi connectivity index (χ0n) is 8.08. The van der Waals surface area contributed by atoms with Crippen molar-refractivity contribution in [1.29, 1.82) is 0 Å². The maximum atomic E-state index is 13.0. The van der Waals surface area contributed by atoms with E-state index in [0.717, 1.165) is 0 Å². The summed E-state index contributed by atoms with van der Waals surface area (Å²) in [7, 11) is -4.73. The molecule has 0 fully saturated rings. The Balaban J connectivity index is 2.41. The van der Waals surface area contributed by atoms with E-state index in [1.807, 2.05) is 0 Å². The molecular weight excluding hydrogens is 260 g/mol. The van der Waals surface area contributed by atoms with E-state index in [0.29, 0.717) is 15.4 Å². The quantitative estimate of drug-likeness (QED) is 0.731. The number of benzene rings is 1. The van der Waals surface area contributed by atoms with Gasteiger partial charge < -0.3 is 0 Å². The van der Waals surface area contributed by atoms with Crippen LogP contribution in [0.4, 0.5) is 8.28 Å². The zero-order chi connectivity index (χ0) is 11.9. The minimum Gasteiger partial charge on any atom is -0.207 e. The lowest BCUT2D eigenvalue weighted by atomic mass is 10.0. The Kier molecular flexibility index (Phi) is 2.90. The molecule has 1 aromatic rings. The molecule has 0 aliphatic carbocycles. The van der Waals surface area contributed by atoms with Crippen LogP contribution in [-0.2, 0) is 23.4 Å². The first kappa shape index (κ1) is 11.8.